The SMILES string of the molecule is Cc1c(C)n(Cc2cccc(F)c2)c2c(N3CCc4ccccc4C3)nc(CNC(C)(C)C)cc12.Cl. The maximum atomic E-state index is 14.0. The van der Waals surface area contributed by atoms with E-state index >= 15 is 0 Å². The van der Waals surface area contributed by atoms with Crippen LogP contribution in [0.15, 0.2) is 54.6 Å². The first-order valence-electron chi connectivity index (χ1n) is 12.5. The van der Waals surface area contributed by atoms with Crippen molar-refractivity contribution in [2.75, 3.05) is 11.4 Å². The number of anilines is 1. The zero-order valence-corrected chi connectivity index (χ0v) is 22.7. The number of benzene rings is 2. The lowest BCUT2D eigenvalue weighted by Gasteiger charge is -2.31. The van der Waals surface area contributed by atoms with E-state index in [0.717, 1.165) is 42.1 Å². The first-order valence-corrected chi connectivity index (χ1v) is 12.5. The monoisotopic (exact) mass is 506 g/mol. The third kappa shape index (κ3) is 5.28. The van der Waals surface area contributed by atoms with E-state index in [4.69, 9.17) is 4.98 Å². The molecule has 36 heavy (non-hydrogen) atoms. The van der Waals surface area contributed by atoms with Gasteiger partial charge in [0.05, 0.1) is 11.2 Å². The van der Waals surface area contributed by atoms with Gasteiger partial charge in [-0.1, -0.05) is 36.4 Å². The number of hydrogen-bond donors (Lipinski definition) is 1. The maximum absolute atomic E-state index is 14.0. The van der Waals surface area contributed by atoms with Gasteiger partial charge in [0, 0.05) is 42.8 Å². The van der Waals surface area contributed by atoms with Gasteiger partial charge in [0.1, 0.15) is 5.82 Å². The molecule has 0 saturated carbocycles. The van der Waals surface area contributed by atoms with E-state index in [1.165, 1.54) is 33.8 Å². The van der Waals surface area contributed by atoms with Crippen LogP contribution in [0.3, 0.4) is 0 Å². The van der Waals surface area contributed by atoms with Gasteiger partial charge in [-0.05, 0) is 81.5 Å². The summed E-state index contributed by atoms with van der Waals surface area (Å²) >= 11 is 0. The highest BCUT2D eigenvalue weighted by Gasteiger charge is 2.24. The zero-order valence-electron chi connectivity index (χ0n) is 21.9. The van der Waals surface area contributed by atoms with Gasteiger partial charge in [0.2, 0.25) is 0 Å². The number of fused-ring (bicyclic) bond motifs is 2. The largest absolute Gasteiger partial charge is 0.350 e. The molecule has 4 nitrogen and oxygen atoms in total. The highest BCUT2D eigenvalue weighted by molar-refractivity contribution is 5.94. The summed E-state index contributed by atoms with van der Waals surface area (Å²) in [5.41, 5.74) is 8.40. The van der Waals surface area contributed by atoms with Gasteiger partial charge < -0.3 is 14.8 Å². The predicted molar refractivity (Wildman–Crippen MR) is 150 cm³/mol. The minimum atomic E-state index is -0.199. The van der Waals surface area contributed by atoms with Gasteiger partial charge in [0.15, 0.2) is 5.82 Å². The third-order valence-corrected chi connectivity index (χ3v) is 7.11. The fourth-order valence-electron chi connectivity index (χ4n) is 5.05. The lowest BCUT2D eigenvalue weighted by molar-refractivity contribution is 0.421. The number of aryl methyl sites for hydroxylation is 1. The summed E-state index contributed by atoms with van der Waals surface area (Å²) in [5.74, 6) is 0.824. The average molecular weight is 507 g/mol. The smallest absolute Gasteiger partial charge is 0.153 e. The van der Waals surface area contributed by atoms with Gasteiger partial charge in [-0.3, -0.25) is 0 Å². The van der Waals surface area contributed by atoms with Crippen molar-refractivity contribution in [3.05, 3.63) is 94.1 Å². The van der Waals surface area contributed by atoms with Crippen molar-refractivity contribution in [2.24, 2.45) is 0 Å². The van der Waals surface area contributed by atoms with Gasteiger partial charge in [-0.25, -0.2) is 9.37 Å². The number of hydrogen-bond acceptors (Lipinski definition) is 3. The molecular weight excluding hydrogens is 471 g/mol. The molecule has 1 aliphatic heterocycles. The summed E-state index contributed by atoms with van der Waals surface area (Å²) < 4.78 is 16.3. The molecule has 0 radical (unpaired) electrons. The molecule has 0 amide bonds. The summed E-state index contributed by atoms with van der Waals surface area (Å²) in [7, 11) is 0. The fraction of sp³-hybridized carbons (Fsp3) is 0.367. The van der Waals surface area contributed by atoms with E-state index in [0.29, 0.717) is 13.1 Å². The number of halogens is 2. The quantitative estimate of drug-likeness (QED) is 0.326. The van der Waals surface area contributed by atoms with Crippen LogP contribution in [0, 0.1) is 19.7 Å². The summed E-state index contributed by atoms with van der Waals surface area (Å²) in [4.78, 5) is 7.67. The second-order valence-electron chi connectivity index (χ2n) is 10.8. The van der Waals surface area contributed by atoms with E-state index < -0.39 is 0 Å². The first kappa shape index (κ1) is 26.2. The highest BCUT2D eigenvalue weighted by Crippen LogP contribution is 2.35. The molecule has 4 aromatic rings. The number of pyridine rings is 1. The van der Waals surface area contributed by atoms with Crippen LogP contribution in [0.5, 0.6) is 0 Å². The van der Waals surface area contributed by atoms with Crippen LogP contribution >= 0.6 is 12.4 Å². The lowest BCUT2D eigenvalue weighted by atomic mass is 10.00. The Morgan fingerprint density at radius 1 is 1.00 bits per heavy atom. The minimum Gasteiger partial charge on any atom is -0.350 e. The van der Waals surface area contributed by atoms with E-state index in [2.05, 4.69) is 79.7 Å². The molecular formula is C30H36ClFN4. The highest BCUT2D eigenvalue weighted by atomic mass is 35.5. The van der Waals surface area contributed by atoms with Gasteiger partial charge in [0.25, 0.3) is 0 Å². The first-order chi connectivity index (χ1) is 16.7. The van der Waals surface area contributed by atoms with E-state index in [9.17, 15) is 4.39 Å². The number of nitrogens with zero attached hydrogens (tertiary/aromatic N) is 3. The Morgan fingerprint density at radius 3 is 2.47 bits per heavy atom. The van der Waals surface area contributed by atoms with Gasteiger partial charge in [-0.15, -0.1) is 12.4 Å². The van der Waals surface area contributed by atoms with Crippen molar-refractivity contribution in [1.29, 1.82) is 0 Å². The summed E-state index contributed by atoms with van der Waals surface area (Å²) in [6.07, 6.45) is 1.01. The normalized spacial score (nSPS) is 13.6. The summed E-state index contributed by atoms with van der Waals surface area (Å²) in [5, 5.41) is 4.84. The molecule has 0 saturated heterocycles. The van der Waals surface area contributed by atoms with Gasteiger partial charge in [-0.2, -0.15) is 0 Å². The molecule has 2 aromatic carbocycles. The average Bonchev–Trinajstić information content (AvgIpc) is 3.06. The molecule has 0 spiro atoms. The molecule has 6 heteroatoms. The second-order valence-corrected chi connectivity index (χ2v) is 10.8. The second kappa shape index (κ2) is 10.2. The lowest BCUT2D eigenvalue weighted by Crippen LogP contribution is -2.36. The van der Waals surface area contributed by atoms with Crippen LogP contribution in [0.1, 0.15) is 54.4 Å². The van der Waals surface area contributed by atoms with Crippen LogP contribution < -0.4 is 10.2 Å². The van der Waals surface area contributed by atoms with Crippen molar-refractivity contribution in [3.63, 3.8) is 0 Å². The van der Waals surface area contributed by atoms with Gasteiger partial charge >= 0.3 is 0 Å². The Bertz CT molecular complexity index is 1390. The van der Waals surface area contributed by atoms with Crippen LogP contribution in [0.25, 0.3) is 10.9 Å². The Labute approximate surface area is 220 Å². The molecule has 0 unspecified atom stereocenters. The molecule has 0 fully saturated rings. The summed E-state index contributed by atoms with van der Waals surface area (Å²) in [6, 6.07) is 17.9. The van der Waals surface area contributed by atoms with Crippen molar-refractivity contribution < 1.29 is 4.39 Å². The number of rotatable bonds is 5. The van der Waals surface area contributed by atoms with Crippen molar-refractivity contribution in [1.82, 2.24) is 14.9 Å². The molecule has 3 heterocycles. The molecule has 5 rings (SSSR count). The Kier molecular flexibility index (Phi) is 7.44. The molecule has 0 aliphatic carbocycles. The van der Waals surface area contributed by atoms with Crippen LogP contribution in [-0.2, 0) is 26.1 Å². The van der Waals surface area contributed by atoms with E-state index in [-0.39, 0.29) is 23.8 Å². The summed E-state index contributed by atoms with van der Waals surface area (Å²) in [6.45, 7) is 14.0. The Balaban J connectivity index is 0.00000304. The molecule has 1 N–H and O–H groups in total. The molecule has 0 bridgehead atoms. The molecule has 0 atom stereocenters. The fourth-order valence-corrected chi connectivity index (χ4v) is 5.05. The van der Waals surface area contributed by atoms with Crippen LogP contribution in [-0.4, -0.2) is 21.6 Å². The van der Waals surface area contributed by atoms with Crippen molar-refractivity contribution >= 4 is 29.1 Å². The zero-order chi connectivity index (χ0) is 24.7. The minimum absolute atomic E-state index is 0. The topological polar surface area (TPSA) is 33.1 Å². The number of nitrogens with one attached hydrogen (secondary N) is 1. The van der Waals surface area contributed by atoms with Crippen molar-refractivity contribution in [2.45, 2.75) is 66.2 Å². The van der Waals surface area contributed by atoms with Crippen LogP contribution in [0.2, 0.25) is 0 Å². The molecule has 2 aromatic heterocycles. The number of aromatic nitrogens is 2. The standard InChI is InChI=1S/C30H35FN4.ClH/c1-20-21(2)35(18-22-9-8-12-25(31)15-22)28-27(20)16-26(17-32-30(3,4)5)33-29(28)34-14-13-23-10-6-7-11-24(23)19-34;/h6-12,15-16,32H,13-14,17-19H2,1-5H3;1H. The van der Waals surface area contributed by atoms with E-state index in [1.54, 1.807) is 12.1 Å². The Morgan fingerprint density at radius 2 is 1.75 bits per heavy atom. The maximum Gasteiger partial charge on any atom is 0.153 e. The Hall–Kier alpha value is -2.89. The molecule has 1 aliphatic rings. The van der Waals surface area contributed by atoms with E-state index in [1.807, 2.05) is 6.07 Å². The van der Waals surface area contributed by atoms with Crippen LogP contribution in [0.4, 0.5) is 10.2 Å². The third-order valence-electron chi connectivity index (χ3n) is 7.11. The van der Waals surface area contributed by atoms with Crippen molar-refractivity contribution in [3.8, 4) is 0 Å². The predicted octanol–water partition coefficient (Wildman–Crippen LogP) is 6.71. The molecule has 190 valence electrons.